The predicted molar refractivity (Wildman–Crippen MR) is 76.3 cm³/mol. The summed E-state index contributed by atoms with van der Waals surface area (Å²) < 4.78 is 43.8. The summed E-state index contributed by atoms with van der Waals surface area (Å²) in [7, 11) is 0. The first-order valence-corrected chi connectivity index (χ1v) is 7.51. The molecule has 0 aliphatic rings. The molecule has 0 N–H and O–H groups in total. The lowest BCUT2D eigenvalue weighted by Gasteiger charge is -2.22. The van der Waals surface area contributed by atoms with Crippen LogP contribution in [0.4, 0.5) is 13.2 Å². The van der Waals surface area contributed by atoms with Crippen molar-refractivity contribution in [3.8, 4) is 0 Å². The van der Waals surface area contributed by atoms with Crippen molar-refractivity contribution >= 4 is 33.2 Å². The average Bonchev–Trinajstić information content (AvgIpc) is 2.97. The maximum atomic E-state index is 12.7. The number of nitrogens with zero attached hydrogens (tertiary/aromatic N) is 1. The lowest BCUT2D eigenvalue weighted by atomic mass is 10.3. The Morgan fingerprint density at radius 1 is 1.48 bits per heavy atom. The third-order valence-electron chi connectivity index (χ3n) is 2.65. The smallest absolute Gasteiger partial charge is 0.406 e. The number of thiophene rings is 1. The fourth-order valence-corrected chi connectivity index (χ4v) is 3.23. The van der Waals surface area contributed by atoms with Gasteiger partial charge in [0, 0.05) is 0 Å². The third-order valence-corrected chi connectivity index (χ3v) is 4.78. The quantitative estimate of drug-likeness (QED) is 0.774. The van der Waals surface area contributed by atoms with Crippen LogP contribution >= 0.6 is 27.3 Å². The number of rotatable bonds is 4. The highest BCUT2D eigenvalue weighted by atomic mass is 79.9. The lowest BCUT2D eigenvalue weighted by molar-refractivity contribution is -0.142. The van der Waals surface area contributed by atoms with E-state index in [4.69, 9.17) is 4.42 Å². The minimum absolute atomic E-state index is 0.222. The van der Waals surface area contributed by atoms with Crippen LogP contribution in [0.2, 0.25) is 0 Å². The molecule has 0 saturated carbocycles. The minimum Gasteiger partial charge on any atom is -0.467 e. The first-order valence-electron chi connectivity index (χ1n) is 5.90. The lowest BCUT2D eigenvalue weighted by Crippen LogP contribution is -2.38. The molecule has 0 spiro atoms. The number of alkyl halides is 3. The van der Waals surface area contributed by atoms with Crippen molar-refractivity contribution < 1.29 is 22.4 Å². The molecule has 114 valence electrons. The number of amides is 1. The van der Waals surface area contributed by atoms with Crippen molar-refractivity contribution in [1.82, 2.24) is 4.90 Å². The summed E-state index contributed by atoms with van der Waals surface area (Å²) in [5.74, 6) is -0.359. The van der Waals surface area contributed by atoms with Crippen LogP contribution in [0, 0.1) is 6.92 Å². The van der Waals surface area contributed by atoms with Crippen molar-refractivity contribution in [2.24, 2.45) is 0 Å². The first-order chi connectivity index (χ1) is 9.76. The van der Waals surface area contributed by atoms with E-state index in [1.54, 1.807) is 19.1 Å². The number of carbonyl (C=O) groups is 1. The van der Waals surface area contributed by atoms with Crippen LogP contribution < -0.4 is 0 Å². The maximum Gasteiger partial charge on any atom is 0.406 e. The second kappa shape index (κ2) is 6.23. The molecule has 0 bridgehead atoms. The summed E-state index contributed by atoms with van der Waals surface area (Å²) in [5, 5.41) is 0. The van der Waals surface area contributed by atoms with E-state index in [1.807, 2.05) is 0 Å². The van der Waals surface area contributed by atoms with Crippen molar-refractivity contribution in [2.75, 3.05) is 6.54 Å². The topological polar surface area (TPSA) is 33.5 Å². The molecule has 0 atom stereocenters. The van der Waals surface area contributed by atoms with Gasteiger partial charge < -0.3 is 9.32 Å². The standard InChI is InChI=1S/C13H11BrF3NO2S/c1-8-5-10(21-11(8)14)12(19)18(7-13(15,16)17)6-9-3-2-4-20-9/h2-5H,6-7H2,1H3. The van der Waals surface area contributed by atoms with Gasteiger partial charge in [-0.2, -0.15) is 13.2 Å². The molecule has 0 fully saturated rings. The molecule has 2 rings (SSSR count). The Bertz CT molecular complexity index is 602. The van der Waals surface area contributed by atoms with E-state index in [1.165, 1.54) is 12.3 Å². The number of furan rings is 1. The molecular formula is C13H11BrF3NO2S. The molecule has 0 aliphatic carbocycles. The molecule has 0 aliphatic heterocycles. The summed E-state index contributed by atoms with van der Waals surface area (Å²) in [5.41, 5.74) is 0.813. The second-order valence-corrected chi connectivity index (χ2v) is 6.79. The zero-order valence-corrected chi connectivity index (χ0v) is 13.3. The van der Waals surface area contributed by atoms with E-state index in [-0.39, 0.29) is 11.4 Å². The van der Waals surface area contributed by atoms with Crippen LogP contribution in [0.5, 0.6) is 0 Å². The van der Waals surface area contributed by atoms with Crippen molar-refractivity contribution in [2.45, 2.75) is 19.6 Å². The molecule has 0 saturated heterocycles. The van der Waals surface area contributed by atoms with Gasteiger partial charge >= 0.3 is 6.18 Å². The van der Waals surface area contributed by atoms with Crippen LogP contribution in [0.3, 0.4) is 0 Å². The average molecular weight is 382 g/mol. The predicted octanol–water partition coefficient (Wildman–Crippen LogP) is 4.62. The summed E-state index contributed by atoms with van der Waals surface area (Å²) in [4.78, 5) is 13.3. The van der Waals surface area contributed by atoms with E-state index in [9.17, 15) is 18.0 Å². The number of hydrogen-bond acceptors (Lipinski definition) is 3. The Hall–Kier alpha value is -1.28. The third kappa shape index (κ3) is 4.34. The minimum atomic E-state index is -4.47. The van der Waals surface area contributed by atoms with Gasteiger partial charge in [-0.3, -0.25) is 4.79 Å². The molecule has 8 heteroatoms. The largest absolute Gasteiger partial charge is 0.467 e. The highest BCUT2D eigenvalue weighted by Crippen LogP contribution is 2.29. The molecule has 2 aromatic heterocycles. The summed E-state index contributed by atoms with van der Waals surface area (Å²) >= 11 is 4.38. The monoisotopic (exact) mass is 381 g/mol. The Morgan fingerprint density at radius 2 is 2.19 bits per heavy atom. The molecule has 0 aromatic carbocycles. The van der Waals surface area contributed by atoms with Gasteiger partial charge in [-0.25, -0.2) is 0 Å². The molecular weight excluding hydrogens is 371 g/mol. The highest BCUT2D eigenvalue weighted by molar-refractivity contribution is 9.11. The van der Waals surface area contributed by atoms with Crippen molar-refractivity contribution in [3.05, 3.63) is 44.4 Å². The summed E-state index contributed by atoms with van der Waals surface area (Å²) in [6, 6.07) is 4.67. The van der Waals surface area contributed by atoms with Crippen LogP contribution in [-0.2, 0) is 6.54 Å². The normalized spacial score (nSPS) is 11.7. The van der Waals surface area contributed by atoms with E-state index in [0.717, 1.165) is 25.6 Å². The Labute approximate surface area is 131 Å². The van der Waals surface area contributed by atoms with Crippen molar-refractivity contribution in [1.29, 1.82) is 0 Å². The Morgan fingerprint density at radius 3 is 2.67 bits per heavy atom. The molecule has 0 unspecified atom stereocenters. The number of carbonyl (C=O) groups excluding carboxylic acids is 1. The zero-order chi connectivity index (χ0) is 15.6. The van der Waals surface area contributed by atoms with E-state index in [2.05, 4.69) is 15.9 Å². The summed E-state index contributed by atoms with van der Waals surface area (Å²) in [6.07, 6.45) is -3.11. The molecule has 3 nitrogen and oxygen atoms in total. The fraction of sp³-hybridized carbons (Fsp3) is 0.308. The second-order valence-electron chi connectivity index (χ2n) is 4.42. The number of aryl methyl sites for hydroxylation is 1. The van der Waals surface area contributed by atoms with E-state index >= 15 is 0 Å². The molecule has 2 aromatic rings. The highest BCUT2D eigenvalue weighted by Gasteiger charge is 2.34. The SMILES string of the molecule is Cc1cc(C(=O)N(Cc2ccco2)CC(F)(F)F)sc1Br. The van der Waals surface area contributed by atoms with Gasteiger partial charge in [0.2, 0.25) is 0 Å². The molecule has 21 heavy (non-hydrogen) atoms. The molecule has 0 radical (unpaired) electrons. The van der Waals surface area contributed by atoms with E-state index in [0.29, 0.717) is 5.76 Å². The maximum absolute atomic E-state index is 12.7. The van der Waals surface area contributed by atoms with Crippen molar-refractivity contribution in [3.63, 3.8) is 0 Å². The molecule has 2 heterocycles. The van der Waals surface area contributed by atoms with E-state index < -0.39 is 18.6 Å². The number of hydrogen-bond donors (Lipinski definition) is 0. The van der Waals surface area contributed by atoms with Gasteiger partial charge in [0.25, 0.3) is 5.91 Å². The van der Waals surface area contributed by atoms with Gasteiger partial charge in [0.15, 0.2) is 0 Å². The van der Waals surface area contributed by atoms with Gasteiger partial charge in [-0.05, 0) is 46.6 Å². The fourth-order valence-electron chi connectivity index (χ4n) is 1.73. The first kappa shape index (κ1) is 16.1. The Kier molecular flexibility index (Phi) is 4.77. The summed E-state index contributed by atoms with van der Waals surface area (Å²) in [6.45, 7) is 0.235. The van der Waals surface area contributed by atoms with Crippen LogP contribution in [0.1, 0.15) is 21.0 Å². The zero-order valence-electron chi connectivity index (χ0n) is 10.9. The van der Waals surface area contributed by atoms with Crippen LogP contribution in [0.15, 0.2) is 32.7 Å². The number of halogens is 4. The Balaban J connectivity index is 2.23. The van der Waals surface area contributed by atoms with Gasteiger partial charge in [0.1, 0.15) is 12.3 Å². The van der Waals surface area contributed by atoms with Gasteiger partial charge in [0.05, 0.1) is 21.5 Å². The van der Waals surface area contributed by atoms with Gasteiger partial charge in [-0.1, -0.05) is 0 Å². The van der Waals surface area contributed by atoms with Gasteiger partial charge in [-0.15, -0.1) is 11.3 Å². The van der Waals surface area contributed by atoms with Crippen LogP contribution in [-0.4, -0.2) is 23.5 Å². The van der Waals surface area contributed by atoms with Crippen LogP contribution in [0.25, 0.3) is 0 Å². The molecule has 1 amide bonds.